The van der Waals surface area contributed by atoms with Crippen LogP contribution in [0, 0.1) is 17.8 Å². The second-order valence-corrected chi connectivity index (χ2v) is 7.05. The third kappa shape index (κ3) is 4.57. The fourth-order valence-electron chi connectivity index (χ4n) is 3.72. The van der Waals surface area contributed by atoms with E-state index in [1.54, 1.807) is 0 Å². The van der Waals surface area contributed by atoms with Gasteiger partial charge in [-0.25, -0.2) is 0 Å². The van der Waals surface area contributed by atoms with Gasteiger partial charge in [0.05, 0.1) is 6.20 Å². The van der Waals surface area contributed by atoms with E-state index in [1.165, 1.54) is 37.7 Å². The van der Waals surface area contributed by atoms with Gasteiger partial charge < -0.3 is 5.32 Å². The lowest BCUT2D eigenvalue weighted by Gasteiger charge is -2.38. The van der Waals surface area contributed by atoms with Crippen LogP contribution in [0.2, 0.25) is 0 Å². The Hall–Kier alpha value is -0.830. The summed E-state index contributed by atoms with van der Waals surface area (Å²) in [4.78, 5) is 0. The quantitative estimate of drug-likeness (QED) is 0.826. The zero-order valence-electron chi connectivity index (χ0n) is 14.3. The maximum Gasteiger partial charge on any atom is 0.0521 e. The highest BCUT2D eigenvalue weighted by atomic mass is 15.3. The summed E-state index contributed by atoms with van der Waals surface area (Å²) in [5.74, 6) is 2.49. The summed E-state index contributed by atoms with van der Waals surface area (Å²) in [5.41, 5.74) is 1.41. The number of aryl methyl sites for hydroxylation is 1. The van der Waals surface area contributed by atoms with Gasteiger partial charge in [-0.05, 0) is 68.9 Å². The van der Waals surface area contributed by atoms with Crippen molar-refractivity contribution in [2.45, 2.75) is 72.4 Å². The summed E-state index contributed by atoms with van der Waals surface area (Å²) in [6.45, 7) is 11.3. The molecule has 0 bridgehead atoms. The predicted octanol–water partition coefficient (Wildman–Crippen LogP) is 3.89. The zero-order chi connectivity index (χ0) is 15.2. The van der Waals surface area contributed by atoms with Gasteiger partial charge in [0.15, 0.2) is 0 Å². The Kier molecular flexibility index (Phi) is 6.28. The van der Waals surface area contributed by atoms with Crippen LogP contribution in [0.3, 0.4) is 0 Å². The lowest BCUT2D eigenvalue weighted by atomic mass is 9.72. The van der Waals surface area contributed by atoms with Crippen LogP contribution in [0.15, 0.2) is 12.4 Å². The molecule has 2 rings (SSSR count). The van der Waals surface area contributed by atoms with Crippen molar-refractivity contribution in [2.75, 3.05) is 6.54 Å². The molecular formula is C18H33N3. The monoisotopic (exact) mass is 291 g/mol. The Morgan fingerprint density at radius 3 is 2.76 bits per heavy atom. The Balaban J connectivity index is 2.01. The van der Waals surface area contributed by atoms with Crippen LogP contribution >= 0.6 is 0 Å². The molecular weight excluding hydrogens is 258 g/mol. The van der Waals surface area contributed by atoms with Gasteiger partial charge in [-0.2, -0.15) is 5.10 Å². The van der Waals surface area contributed by atoms with Gasteiger partial charge in [0.1, 0.15) is 0 Å². The molecule has 3 nitrogen and oxygen atoms in total. The van der Waals surface area contributed by atoms with Crippen molar-refractivity contribution in [3.8, 4) is 0 Å². The predicted molar refractivity (Wildman–Crippen MR) is 89.4 cm³/mol. The molecule has 0 aliphatic heterocycles. The van der Waals surface area contributed by atoms with Crippen LogP contribution in [0.25, 0.3) is 0 Å². The molecule has 0 radical (unpaired) electrons. The summed E-state index contributed by atoms with van der Waals surface area (Å²) in [6.07, 6.45) is 10.8. The number of hydrogen-bond acceptors (Lipinski definition) is 2. The molecule has 1 aromatic rings. The molecule has 3 atom stereocenters. The smallest absolute Gasteiger partial charge is 0.0521 e. The van der Waals surface area contributed by atoms with Crippen LogP contribution in [0.4, 0.5) is 0 Å². The molecule has 1 N–H and O–H groups in total. The van der Waals surface area contributed by atoms with Crippen molar-refractivity contribution in [3.05, 3.63) is 18.0 Å². The minimum atomic E-state index is 0.699. The minimum Gasteiger partial charge on any atom is -0.314 e. The molecule has 1 saturated carbocycles. The van der Waals surface area contributed by atoms with Gasteiger partial charge >= 0.3 is 0 Å². The van der Waals surface area contributed by atoms with Crippen molar-refractivity contribution in [1.82, 2.24) is 15.1 Å². The molecule has 3 heteroatoms. The maximum absolute atomic E-state index is 4.44. The first-order valence-electron chi connectivity index (χ1n) is 8.88. The molecule has 1 heterocycles. The number of nitrogens with zero attached hydrogens (tertiary/aromatic N) is 2. The SMILES string of the molecule is CCCNC1CCC(C(C)C)CC1Cc1cnn(CC)c1. The molecule has 21 heavy (non-hydrogen) atoms. The molecule has 0 spiro atoms. The minimum absolute atomic E-state index is 0.699. The van der Waals surface area contributed by atoms with E-state index in [4.69, 9.17) is 0 Å². The Morgan fingerprint density at radius 2 is 2.14 bits per heavy atom. The third-order valence-electron chi connectivity index (χ3n) is 5.13. The fourth-order valence-corrected chi connectivity index (χ4v) is 3.72. The van der Waals surface area contributed by atoms with Crippen molar-refractivity contribution < 1.29 is 0 Å². The molecule has 0 saturated heterocycles. The van der Waals surface area contributed by atoms with Gasteiger partial charge in [0.25, 0.3) is 0 Å². The summed E-state index contributed by atoms with van der Waals surface area (Å²) in [7, 11) is 0. The summed E-state index contributed by atoms with van der Waals surface area (Å²) < 4.78 is 2.05. The van der Waals surface area contributed by atoms with Crippen molar-refractivity contribution in [1.29, 1.82) is 0 Å². The Morgan fingerprint density at radius 1 is 1.33 bits per heavy atom. The molecule has 1 aromatic heterocycles. The van der Waals surface area contributed by atoms with Gasteiger partial charge in [-0.3, -0.25) is 4.68 Å². The van der Waals surface area contributed by atoms with Crippen LogP contribution in [-0.2, 0) is 13.0 Å². The molecule has 1 aliphatic rings. The third-order valence-corrected chi connectivity index (χ3v) is 5.13. The molecule has 1 aliphatic carbocycles. The standard InChI is InChI=1S/C18H33N3/c1-5-9-19-18-8-7-16(14(3)4)11-17(18)10-15-12-20-21(6-2)13-15/h12-14,16-19H,5-11H2,1-4H3. The van der Waals surface area contributed by atoms with Crippen LogP contribution in [0.1, 0.15) is 58.9 Å². The Labute approximate surface area is 130 Å². The number of aromatic nitrogens is 2. The average molecular weight is 291 g/mol. The summed E-state index contributed by atoms with van der Waals surface area (Å²) >= 11 is 0. The lowest BCUT2D eigenvalue weighted by molar-refractivity contribution is 0.167. The topological polar surface area (TPSA) is 29.9 Å². The van der Waals surface area contributed by atoms with Gasteiger partial charge in [-0.1, -0.05) is 20.8 Å². The van der Waals surface area contributed by atoms with Gasteiger partial charge in [0, 0.05) is 18.8 Å². The number of hydrogen-bond donors (Lipinski definition) is 1. The molecule has 120 valence electrons. The second-order valence-electron chi connectivity index (χ2n) is 7.05. The number of rotatable bonds is 7. The molecule has 0 amide bonds. The highest BCUT2D eigenvalue weighted by Gasteiger charge is 2.31. The van der Waals surface area contributed by atoms with Crippen molar-refractivity contribution in [2.24, 2.45) is 17.8 Å². The van der Waals surface area contributed by atoms with E-state index in [1.807, 2.05) is 4.68 Å². The number of nitrogens with one attached hydrogen (secondary N) is 1. The molecule has 3 unspecified atom stereocenters. The summed E-state index contributed by atoms with van der Waals surface area (Å²) in [5, 5.41) is 8.23. The van der Waals surface area contributed by atoms with E-state index in [0.29, 0.717) is 6.04 Å². The van der Waals surface area contributed by atoms with Crippen molar-refractivity contribution >= 4 is 0 Å². The largest absolute Gasteiger partial charge is 0.314 e. The van der Waals surface area contributed by atoms with Crippen LogP contribution in [-0.4, -0.2) is 22.4 Å². The zero-order valence-corrected chi connectivity index (χ0v) is 14.3. The van der Waals surface area contributed by atoms with Crippen molar-refractivity contribution in [3.63, 3.8) is 0 Å². The van der Waals surface area contributed by atoms with Gasteiger partial charge in [-0.15, -0.1) is 0 Å². The van der Waals surface area contributed by atoms with E-state index in [9.17, 15) is 0 Å². The van der Waals surface area contributed by atoms with E-state index < -0.39 is 0 Å². The van der Waals surface area contributed by atoms with E-state index in [-0.39, 0.29) is 0 Å². The first-order valence-corrected chi connectivity index (χ1v) is 8.88. The summed E-state index contributed by atoms with van der Waals surface area (Å²) in [6, 6.07) is 0.699. The average Bonchev–Trinajstić information content (AvgIpc) is 2.93. The second kappa shape index (κ2) is 7.98. The van der Waals surface area contributed by atoms with Crippen LogP contribution < -0.4 is 5.32 Å². The van der Waals surface area contributed by atoms with E-state index in [2.05, 4.69) is 50.5 Å². The molecule has 0 aromatic carbocycles. The highest BCUT2D eigenvalue weighted by molar-refractivity contribution is 5.07. The first-order chi connectivity index (χ1) is 10.1. The van der Waals surface area contributed by atoms with E-state index in [0.717, 1.165) is 30.8 Å². The highest BCUT2D eigenvalue weighted by Crippen LogP contribution is 2.35. The first kappa shape index (κ1) is 16.5. The van der Waals surface area contributed by atoms with E-state index >= 15 is 0 Å². The lowest BCUT2D eigenvalue weighted by Crippen LogP contribution is -2.42. The normalized spacial score (nSPS) is 26.4. The fraction of sp³-hybridized carbons (Fsp3) is 0.833. The Bertz CT molecular complexity index is 410. The van der Waals surface area contributed by atoms with Gasteiger partial charge in [0.2, 0.25) is 0 Å². The molecule has 1 fully saturated rings. The van der Waals surface area contributed by atoms with Crippen LogP contribution in [0.5, 0.6) is 0 Å². The maximum atomic E-state index is 4.44.